The number of hydrogen-bond donors (Lipinski definition) is 3. The van der Waals surface area contributed by atoms with Crippen LogP contribution in [-0.4, -0.2) is 56.7 Å². The highest BCUT2D eigenvalue weighted by Crippen LogP contribution is 2.31. The van der Waals surface area contributed by atoms with Crippen molar-refractivity contribution in [1.82, 2.24) is 15.5 Å². The Bertz CT molecular complexity index is 924. The second-order valence-corrected chi connectivity index (χ2v) is 8.05. The van der Waals surface area contributed by atoms with Crippen LogP contribution in [-0.2, 0) is 22.6 Å². The molecule has 1 fully saturated rings. The summed E-state index contributed by atoms with van der Waals surface area (Å²) in [6.45, 7) is 5.91. The number of ether oxygens (including phenoxy) is 1. The molecule has 4 rings (SSSR count). The SMILES string of the molecule is CN=C(NCc1cccc(CN2CCOCC2)c1)NCC1CC(=O)Nc2ccccc21. The van der Waals surface area contributed by atoms with Gasteiger partial charge in [0.25, 0.3) is 0 Å². The summed E-state index contributed by atoms with van der Waals surface area (Å²) in [4.78, 5) is 18.8. The predicted octanol–water partition coefficient (Wildman–Crippen LogP) is 2.31. The summed E-state index contributed by atoms with van der Waals surface area (Å²) in [6, 6.07) is 16.7. The molecule has 2 aromatic carbocycles. The van der Waals surface area contributed by atoms with E-state index in [9.17, 15) is 4.79 Å². The molecule has 1 atom stereocenters. The van der Waals surface area contributed by atoms with E-state index in [1.165, 1.54) is 16.7 Å². The highest BCUT2D eigenvalue weighted by molar-refractivity contribution is 5.94. The monoisotopic (exact) mass is 421 g/mol. The Labute approximate surface area is 183 Å². The van der Waals surface area contributed by atoms with Gasteiger partial charge in [-0.25, -0.2) is 0 Å². The lowest BCUT2D eigenvalue weighted by molar-refractivity contribution is -0.116. The minimum Gasteiger partial charge on any atom is -0.379 e. The van der Waals surface area contributed by atoms with Crippen LogP contribution in [0.2, 0.25) is 0 Å². The van der Waals surface area contributed by atoms with Gasteiger partial charge in [-0.15, -0.1) is 0 Å². The number of guanidine groups is 1. The number of rotatable bonds is 6. The van der Waals surface area contributed by atoms with E-state index >= 15 is 0 Å². The molecule has 0 aromatic heterocycles. The molecule has 2 aliphatic rings. The molecule has 2 aromatic rings. The van der Waals surface area contributed by atoms with E-state index in [2.05, 4.69) is 56.2 Å². The second kappa shape index (κ2) is 10.4. The third-order valence-corrected chi connectivity index (χ3v) is 5.81. The second-order valence-electron chi connectivity index (χ2n) is 8.05. The van der Waals surface area contributed by atoms with Crippen molar-refractivity contribution in [1.29, 1.82) is 0 Å². The molecule has 7 nitrogen and oxygen atoms in total. The van der Waals surface area contributed by atoms with Crippen molar-refractivity contribution in [2.24, 2.45) is 4.99 Å². The van der Waals surface area contributed by atoms with Crippen LogP contribution in [0.3, 0.4) is 0 Å². The summed E-state index contributed by atoms with van der Waals surface area (Å²) in [5.41, 5.74) is 4.61. The fourth-order valence-electron chi connectivity index (χ4n) is 4.17. The van der Waals surface area contributed by atoms with Crippen molar-refractivity contribution in [2.45, 2.75) is 25.4 Å². The maximum atomic E-state index is 12.0. The summed E-state index contributed by atoms with van der Waals surface area (Å²) in [6.07, 6.45) is 0.477. The molecule has 2 heterocycles. The van der Waals surface area contributed by atoms with Crippen molar-refractivity contribution in [3.63, 3.8) is 0 Å². The first-order chi connectivity index (χ1) is 15.2. The number of nitrogens with one attached hydrogen (secondary N) is 3. The molecule has 0 radical (unpaired) electrons. The summed E-state index contributed by atoms with van der Waals surface area (Å²) in [5, 5.41) is 9.73. The van der Waals surface area contributed by atoms with Crippen LogP contribution in [0.25, 0.3) is 0 Å². The van der Waals surface area contributed by atoms with Crippen LogP contribution in [0.5, 0.6) is 0 Å². The quantitative estimate of drug-likeness (QED) is 0.493. The van der Waals surface area contributed by atoms with Crippen molar-refractivity contribution < 1.29 is 9.53 Å². The van der Waals surface area contributed by atoms with Gasteiger partial charge in [0.05, 0.1) is 13.2 Å². The normalized spacial score (nSPS) is 19.5. The minimum absolute atomic E-state index is 0.0607. The number of anilines is 1. The van der Waals surface area contributed by atoms with Gasteiger partial charge in [0.2, 0.25) is 5.91 Å². The zero-order valence-electron chi connectivity index (χ0n) is 18.1. The lowest BCUT2D eigenvalue weighted by Crippen LogP contribution is -2.40. The van der Waals surface area contributed by atoms with Gasteiger partial charge in [-0.05, 0) is 22.8 Å². The number of nitrogens with zero attached hydrogens (tertiary/aromatic N) is 2. The zero-order chi connectivity index (χ0) is 21.5. The zero-order valence-corrected chi connectivity index (χ0v) is 18.1. The lowest BCUT2D eigenvalue weighted by atomic mass is 9.90. The topological polar surface area (TPSA) is 78.0 Å². The Kier molecular flexibility index (Phi) is 7.17. The average molecular weight is 422 g/mol. The van der Waals surface area contributed by atoms with E-state index in [0.29, 0.717) is 19.5 Å². The standard InChI is InChI=1S/C24H31N5O2/c1-25-24(27-16-20-14-23(30)28-22-8-3-2-7-21(20)22)26-15-18-5-4-6-19(13-18)17-29-9-11-31-12-10-29/h2-8,13,20H,9-12,14-17H2,1H3,(H,28,30)(H2,25,26,27). The molecule has 0 spiro atoms. The molecule has 31 heavy (non-hydrogen) atoms. The highest BCUT2D eigenvalue weighted by Gasteiger charge is 2.24. The number of fused-ring (bicyclic) bond motifs is 1. The number of amides is 1. The van der Waals surface area contributed by atoms with Gasteiger partial charge in [-0.1, -0.05) is 42.5 Å². The molecule has 1 unspecified atom stereocenters. The fourth-order valence-corrected chi connectivity index (χ4v) is 4.17. The van der Waals surface area contributed by atoms with Crippen LogP contribution in [0, 0.1) is 0 Å². The first kappa shape index (κ1) is 21.3. The number of benzene rings is 2. The van der Waals surface area contributed by atoms with Gasteiger partial charge < -0.3 is 20.7 Å². The van der Waals surface area contributed by atoms with Gasteiger partial charge in [0.1, 0.15) is 0 Å². The summed E-state index contributed by atoms with van der Waals surface area (Å²) in [7, 11) is 1.77. The first-order valence-electron chi connectivity index (χ1n) is 10.9. The maximum absolute atomic E-state index is 12.0. The van der Waals surface area contributed by atoms with E-state index in [1.807, 2.05) is 18.2 Å². The third-order valence-electron chi connectivity index (χ3n) is 5.81. The number of morpholine rings is 1. The average Bonchev–Trinajstić information content (AvgIpc) is 2.80. The lowest BCUT2D eigenvalue weighted by Gasteiger charge is -2.27. The predicted molar refractivity (Wildman–Crippen MR) is 123 cm³/mol. The number of hydrogen-bond acceptors (Lipinski definition) is 4. The molecule has 0 aliphatic carbocycles. The smallest absolute Gasteiger partial charge is 0.225 e. The summed E-state index contributed by atoms with van der Waals surface area (Å²) >= 11 is 0. The number of aliphatic imine (C=N–C) groups is 1. The number of para-hydroxylation sites is 1. The fraction of sp³-hybridized carbons (Fsp3) is 0.417. The number of carbonyl (C=O) groups excluding carboxylic acids is 1. The van der Waals surface area contributed by atoms with Crippen LogP contribution in [0.15, 0.2) is 53.5 Å². The highest BCUT2D eigenvalue weighted by atomic mass is 16.5. The van der Waals surface area contributed by atoms with E-state index in [0.717, 1.165) is 44.5 Å². The van der Waals surface area contributed by atoms with Crippen molar-refractivity contribution >= 4 is 17.6 Å². The molecular weight excluding hydrogens is 390 g/mol. The molecule has 3 N–H and O–H groups in total. The van der Waals surface area contributed by atoms with E-state index < -0.39 is 0 Å². The Balaban J connectivity index is 1.30. The molecule has 0 bridgehead atoms. The molecule has 0 saturated carbocycles. The van der Waals surface area contributed by atoms with Crippen LogP contribution >= 0.6 is 0 Å². The molecule has 2 aliphatic heterocycles. The number of carbonyl (C=O) groups is 1. The van der Waals surface area contributed by atoms with Crippen molar-refractivity contribution in [3.8, 4) is 0 Å². The van der Waals surface area contributed by atoms with Gasteiger partial charge >= 0.3 is 0 Å². The minimum atomic E-state index is 0.0607. The molecule has 1 amide bonds. The Morgan fingerprint density at radius 3 is 2.77 bits per heavy atom. The molecule has 1 saturated heterocycles. The largest absolute Gasteiger partial charge is 0.379 e. The van der Waals surface area contributed by atoms with E-state index in [1.54, 1.807) is 7.05 Å². The van der Waals surface area contributed by atoms with Gasteiger partial charge in [0.15, 0.2) is 5.96 Å². The molecule has 164 valence electrons. The van der Waals surface area contributed by atoms with Crippen LogP contribution < -0.4 is 16.0 Å². The Morgan fingerprint density at radius 1 is 1.13 bits per heavy atom. The van der Waals surface area contributed by atoms with Crippen LogP contribution in [0.1, 0.15) is 29.0 Å². The van der Waals surface area contributed by atoms with E-state index in [4.69, 9.17) is 4.74 Å². The van der Waals surface area contributed by atoms with Gasteiger partial charge in [-0.2, -0.15) is 0 Å². The first-order valence-corrected chi connectivity index (χ1v) is 10.9. The third kappa shape index (κ3) is 5.83. The Morgan fingerprint density at radius 2 is 1.94 bits per heavy atom. The van der Waals surface area contributed by atoms with Gasteiger partial charge in [0, 0.05) is 57.8 Å². The van der Waals surface area contributed by atoms with Crippen molar-refractivity contribution in [3.05, 3.63) is 65.2 Å². The molecular formula is C24H31N5O2. The van der Waals surface area contributed by atoms with Crippen LogP contribution in [0.4, 0.5) is 5.69 Å². The maximum Gasteiger partial charge on any atom is 0.225 e. The van der Waals surface area contributed by atoms with Crippen molar-refractivity contribution in [2.75, 3.05) is 45.2 Å². The molecule has 7 heteroatoms. The summed E-state index contributed by atoms with van der Waals surface area (Å²) in [5.74, 6) is 0.924. The Hall–Kier alpha value is -2.90. The summed E-state index contributed by atoms with van der Waals surface area (Å²) < 4.78 is 5.44. The van der Waals surface area contributed by atoms with Gasteiger partial charge in [-0.3, -0.25) is 14.7 Å². The van der Waals surface area contributed by atoms with E-state index in [-0.39, 0.29) is 11.8 Å².